The molecule has 0 saturated carbocycles. The lowest BCUT2D eigenvalue weighted by atomic mass is 10.1. The van der Waals surface area contributed by atoms with E-state index in [0.29, 0.717) is 21.5 Å². The molecule has 1 N–H and O–H groups in total. The summed E-state index contributed by atoms with van der Waals surface area (Å²) in [6.45, 7) is -0.154. The molecular weight excluding hydrogens is 321 g/mol. The van der Waals surface area contributed by atoms with Crippen LogP contribution in [0, 0.1) is 5.82 Å². The van der Waals surface area contributed by atoms with Crippen LogP contribution >= 0.6 is 11.6 Å². The van der Waals surface area contributed by atoms with Gasteiger partial charge in [-0.1, -0.05) is 11.6 Å². The van der Waals surface area contributed by atoms with E-state index in [1.165, 1.54) is 34.9 Å². The maximum absolute atomic E-state index is 12.9. The third-order valence-electron chi connectivity index (χ3n) is 3.55. The number of fused-ring (bicyclic) bond motifs is 1. The molecule has 0 aliphatic heterocycles. The average molecular weight is 332 g/mol. The number of ketones is 1. The number of halogens is 2. The molecule has 0 saturated heterocycles. The van der Waals surface area contributed by atoms with E-state index >= 15 is 0 Å². The molecule has 0 fully saturated rings. The molecule has 2 aromatic carbocycles. The van der Waals surface area contributed by atoms with E-state index in [1.807, 2.05) is 0 Å². The second-order valence-corrected chi connectivity index (χ2v) is 5.49. The van der Waals surface area contributed by atoms with Crippen LogP contribution in [0.1, 0.15) is 20.8 Å². The summed E-state index contributed by atoms with van der Waals surface area (Å²) in [5.74, 6) is -1.88. The fourth-order valence-electron chi connectivity index (χ4n) is 2.46. The van der Waals surface area contributed by atoms with Crippen molar-refractivity contribution in [1.82, 2.24) is 4.57 Å². The van der Waals surface area contributed by atoms with Crippen LogP contribution in [0.3, 0.4) is 0 Å². The zero-order valence-electron chi connectivity index (χ0n) is 11.8. The Morgan fingerprint density at radius 3 is 2.43 bits per heavy atom. The van der Waals surface area contributed by atoms with Gasteiger partial charge in [0.15, 0.2) is 5.78 Å². The highest BCUT2D eigenvalue weighted by atomic mass is 35.5. The molecular formula is C17H11ClFNO3. The smallest absolute Gasteiger partial charge is 0.352 e. The monoisotopic (exact) mass is 331 g/mol. The summed E-state index contributed by atoms with van der Waals surface area (Å²) in [4.78, 5) is 23.8. The van der Waals surface area contributed by atoms with Crippen molar-refractivity contribution in [3.8, 4) is 0 Å². The molecule has 0 aliphatic rings. The van der Waals surface area contributed by atoms with Crippen molar-refractivity contribution >= 4 is 34.3 Å². The maximum atomic E-state index is 12.9. The van der Waals surface area contributed by atoms with E-state index < -0.39 is 11.8 Å². The van der Waals surface area contributed by atoms with E-state index in [-0.39, 0.29) is 18.0 Å². The van der Waals surface area contributed by atoms with Gasteiger partial charge in [-0.25, -0.2) is 9.18 Å². The van der Waals surface area contributed by atoms with Crippen LogP contribution in [-0.4, -0.2) is 21.4 Å². The van der Waals surface area contributed by atoms with Gasteiger partial charge < -0.3 is 9.67 Å². The van der Waals surface area contributed by atoms with Gasteiger partial charge in [0.05, 0.1) is 6.54 Å². The molecule has 1 heterocycles. The van der Waals surface area contributed by atoms with Crippen LogP contribution < -0.4 is 0 Å². The molecule has 4 nitrogen and oxygen atoms in total. The van der Waals surface area contributed by atoms with Gasteiger partial charge in [-0.2, -0.15) is 0 Å². The fourth-order valence-corrected chi connectivity index (χ4v) is 2.64. The Bertz CT molecular complexity index is 915. The Morgan fingerprint density at radius 1 is 1.09 bits per heavy atom. The third-order valence-corrected chi connectivity index (χ3v) is 3.79. The number of carboxylic acid groups (broad SMARTS) is 1. The van der Waals surface area contributed by atoms with Gasteiger partial charge in [0, 0.05) is 21.5 Å². The summed E-state index contributed by atoms with van der Waals surface area (Å²) in [6.07, 6.45) is 0. The van der Waals surface area contributed by atoms with Gasteiger partial charge in [-0.15, -0.1) is 0 Å². The molecule has 0 radical (unpaired) electrons. The van der Waals surface area contributed by atoms with Crippen molar-refractivity contribution in [2.24, 2.45) is 0 Å². The molecule has 0 unspecified atom stereocenters. The lowest BCUT2D eigenvalue weighted by molar-refractivity contribution is 0.0685. The van der Waals surface area contributed by atoms with Gasteiger partial charge in [0.2, 0.25) is 0 Å². The number of carbonyl (C=O) groups is 2. The topological polar surface area (TPSA) is 59.3 Å². The summed E-state index contributed by atoms with van der Waals surface area (Å²) in [7, 11) is 0. The fraction of sp³-hybridized carbons (Fsp3) is 0.0588. The molecule has 0 atom stereocenters. The van der Waals surface area contributed by atoms with Gasteiger partial charge in [0.25, 0.3) is 0 Å². The number of aromatic nitrogens is 1. The number of carbonyl (C=O) groups excluding carboxylic acids is 1. The highest BCUT2D eigenvalue weighted by Gasteiger charge is 2.18. The van der Waals surface area contributed by atoms with Crippen LogP contribution in [0.5, 0.6) is 0 Å². The molecule has 0 bridgehead atoms. The number of benzene rings is 2. The van der Waals surface area contributed by atoms with Crippen molar-refractivity contribution in [3.63, 3.8) is 0 Å². The van der Waals surface area contributed by atoms with E-state index in [2.05, 4.69) is 0 Å². The molecule has 23 heavy (non-hydrogen) atoms. The number of rotatable bonds is 4. The van der Waals surface area contributed by atoms with Crippen molar-refractivity contribution in [2.45, 2.75) is 6.54 Å². The van der Waals surface area contributed by atoms with Crippen LogP contribution in [0.2, 0.25) is 5.02 Å². The zero-order chi connectivity index (χ0) is 16.6. The molecule has 116 valence electrons. The minimum Gasteiger partial charge on any atom is -0.477 e. The number of carboxylic acids is 1. The normalized spacial score (nSPS) is 10.9. The predicted octanol–water partition coefficient (Wildman–Crippen LogP) is 4.01. The van der Waals surface area contributed by atoms with E-state index in [9.17, 15) is 19.1 Å². The maximum Gasteiger partial charge on any atom is 0.352 e. The highest BCUT2D eigenvalue weighted by Crippen LogP contribution is 2.24. The van der Waals surface area contributed by atoms with E-state index in [4.69, 9.17) is 11.6 Å². The quantitative estimate of drug-likeness (QED) is 0.735. The first-order valence-electron chi connectivity index (χ1n) is 6.76. The van der Waals surface area contributed by atoms with Crippen LogP contribution in [0.15, 0.2) is 48.5 Å². The minimum absolute atomic E-state index is 0.00210. The summed E-state index contributed by atoms with van der Waals surface area (Å²) in [5.41, 5.74) is 0.915. The number of nitrogens with zero attached hydrogens (tertiary/aromatic N) is 1. The first-order chi connectivity index (χ1) is 11.0. The number of hydrogen-bond acceptors (Lipinski definition) is 2. The Hall–Kier alpha value is -2.66. The Kier molecular flexibility index (Phi) is 3.88. The van der Waals surface area contributed by atoms with Gasteiger partial charge in [-0.05, 0) is 48.5 Å². The molecule has 1 aromatic heterocycles. The second-order valence-electron chi connectivity index (χ2n) is 5.05. The molecule has 3 rings (SSSR count). The van der Waals surface area contributed by atoms with Crippen molar-refractivity contribution in [3.05, 3.63) is 70.6 Å². The van der Waals surface area contributed by atoms with Crippen molar-refractivity contribution in [2.75, 3.05) is 0 Å². The molecule has 6 heteroatoms. The van der Waals surface area contributed by atoms with Crippen LogP contribution in [0.4, 0.5) is 4.39 Å². The van der Waals surface area contributed by atoms with Crippen molar-refractivity contribution in [1.29, 1.82) is 0 Å². The van der Waals surface area contributed by atoms with E-state index in [1.54, 1.807) is 18.2 Å². The van der Waals surface area contributed by atoms with Crippen molar-refractivity contribution < 1.29 is 19.1 Å². The number of Topliss-reactive ketones (excluding diaryl/α,β-unsaturated/α-hetero) is 1. The van der Waals surface area contributed by atoms with E-state index in [0.717, 1.165) is 0 Å². The molecule has 3 aromatic rings. The second kappa shape index (κ2) is 5.85. The Morgan fingerprint density at radius 2 is 1.78 bits per heavy atom. The van der Waals surface area contributed by atoms with Gasteiger partial charge >= 0.3 is 5.97 Å². The first kappa shape index (κ1) is 15.2. The molecule has 0 amide bonds. The lowest BCUT2D eigenvalue weighted by Gasteiger charge is -2.08. The number of hydrogen-bond donors (Lipinski definition) is 1. The van der Waals surface area contributed by atoms with Crippen LogP contribution in [-0.2, 0) is 6.54 Å². The van der Waals surface area contributed by atoms with Gasteiger partial charge in [0.1, 0.15) is 11.5 Å². The Balaban J connectivity index is 2.04. The van der Waals surface area contributed by atoms with Gasteiger partial charge in [-0.3, -0.25) is 4.79 Å². The summed E-state index contributed by atoms with van der Waals surface area (Å²) >= 11 is 5.92. The Labute approximate surface area is 135 Å². The average Bonchev–Trinajstić information content (AvgIpc) is 2.86. The van der Waals surface area contributed by atoms with Crippen LogP contribution in [0.25, 0.3) is 10.9 Å². The molecule has 0 spiro atoms. The summed E-state index contributed by atoms with van der Waals surface area (Å²) in [6, 6.07) is 11.6. The summed E-state index contributed by atoms with van der Waals surface area (Å²) < 4.78 is 14.4. The predicted molar refractivity (Wildman–Crippen MR) is 84.6 cm³/mol. The summed E-state index contributed by atoms with van der Waals surface area (Å²) in [5, 5.41) is 10.5. The first-order valence-corrected chi connectivity index (χ1v) is 7.14. The zero-order valence-corrected chi connectivity index (χ0v) is 12.5. The minimum atomic E-state index is -1.13. The lowest BCUT2D eigenvalue weighted by Crippen LogP contribution is -2.15. The molecule has 0 aliphatic carbocycles. The largest absolute Gasteiger partial charge is 0.477 e. The standard InChI is InChI=1S/C17H11ClFNO3/c18-12-3-6-14-11(7-12)8-15(17(22)23)20(14)9-16(21)10-1-4-13(19)5-2-10/h1-8H,9H2,(H,22,23). The third kappa shape index (κ3) is 2.96. The number of aromatic carboxylic acids is 1. The SMILES string of the molecule is O=C(Cn1c(C(=O)O)cc2cc(Cl)ccc21)c1ccc(F)cc1. The highest BCUT2D eigenvalue weighted by molar-refractivity contribution is 6.31.